The number of nitrogens with zero attached hydrogens (tertiary/aromatic N) is 2. The van der Waals surface area contributed by atoms with Crippen LogP contribution in [0.1, 0.15) is 24.1 Å². The van der Waals surface area contributed by atoms with Gasteiger partial charge in [-0.25, -0.2) is 4.99 Å². The minimum Gasteiger partial charge on any atom is -0.506 e. The van der Waals surface area contributed by atoms with Gasteiger partial charge in [-0.3, -0.25) is 14.2 Å². The van der Waals surface area contributed by atoms with E-state index in [4.69, 9.17) is 4.74 Å². The molecule has 1 aliphatic rings. The Labute approximate surface area is 238 Å². The van der Waals surface area contributed by atoms with Crippen molar-refractivity contribution in [2.75, 3.05) is 12.4 Å². The smallest absolute Gasteiger partial charge is 0.271 e. The van der Waals surface area contributed by atoms with Crippen molar-refractivity contribution in [3.05, 3.63) is 118 Å². The van der Waals surface area contributed by atoms with E-state index in [9.17, 15) is 14.7 Å². The zero-order valence-electron chi connectivity index (χ0n) is 20.2. The fourth-order valence-corrected chi connectivity index (χ4v) is 6.57. The van der Waals surface area contributed by atoms with E-state index in [-0.39, 0.29) is 17.2 Å². The predicted octanol–water partition coefficient (Wildman–Crippen LogP) is 5.11. The predicted molar refractivity (Wildman–Crippen MR) is 155 cm³/mol. The number of allylic oxidation sites excluding steroid dienone is 1. The van der Waals surface area contributed by atoms with Crippen LogP contribution >= 0.6 is 43.2 Å². The van der Waals surface area contributed by atoms with Crippen molar-refractivity contribution >= 4 is 60.9 Å². The Morgan fingerprint density at radius 2 is 1.84 bits per heavy atom. The molecular formula is C28H21Br2N3O4S. The lowest BCUT2D eigenvalue weighted by Crippen LogP contribution is -2.40. The van der Waals surface area contributed by atoms with Gasteiger partial charge in [0.2, 0.25) is 0 Å². The van der Waals surface area contributed by atoms with Crippen LogP contribution in [0.4, 0.5) is 5.69 Å². The number of hydrogen-bond acceptors (Lipinski definition) is 6. The maximum Gasteiger partial charge on any atom is 0.271 e. The Morgan fingerprint density at radius 1 is 1.13 bits per heavy atom. The van der Waals surface area contributed by atoms with Crippen LogP contribution in [0.2, 0.25) is 0 Å². The van der Waals surface area contributed by atoms with E-state index in [1.54, 1.807) is 56.5 Å². The number of hydrogen-bond donors (Lipinski definition) is 2. The Kier molecular flexibility index (Phi) is 7.38. The summed E-state index contributed by atoms with van der Waals surface area (Å²) in [6.45, 7) is 1.77. The summed E-state index contributed by atoms with van der Waals surface area (Å²) in [6, 6.07) is 19.1. The summed E-state index contributed by atoms with van der Waals surface area (Å²) in [7, 11) is 1.58. The van der Waals surface area contributed by atoms with Crippen molar-refractivity contribution in [1.29, 1.82) is 0 Å². The van der Waals surface area contributed by atoms with Gasteiger partial charge in [0.1, 0.15) is 11.5 Å². The average Bonchev–Trinajstić information content (AvgIpc) is 3.20. The standard InChI is InChI=1S/C28H21Br2N3O4S/c1-15-23(26(35)32-19-6-4-3-5-7-19)24(16-8-10-20(37-2)11-9-16)33-27(36)22(38-28(33)31-15)13-17-12-18(29)14-21(30)25(17)34/h3-14,24,34H,1-2H3,(H,32,35)/b22-13+/t24-/m1/s1. The maximum absolute atomic E-state index is 13.8. The highest BCUT2D eigenvalue weighted by Gasteiger charge is 2.32. The Morgan fingerprint density at radius 3 is 2.53 bits per heavy atom. The molecule has 38 heavy (non-hydrogen) atoms. The van der Waals surface area contributed by atoms with E-state index >= 15 is 0 Å². The number of halogens is 2. The molecule has 2 N–H and O–H groups in total. The molecule has 0 radical (unpaired) electrons. The molecule has 7 nitrogen and oxygen atoms in total. The number of phenolic OH excluding ortho intramolecular Hbond substituents is 1. The van der Waals surface area contributed by atoms with Gasteiger partial charge in [0.25, 0.3) is 11.5 Å². The topological polar surface area (TPSA) is 92.9 Å². The number of aromatic nitrogens is 1. The SMILES string of the molecule is COc1ccc([C@@H]2C(C(=O)Nc3ccccc3)=C(C)N=c3s/c(=C/c4cc(Br)cc(Br)c4O)c(=O)n32)cc1. The van der Waals surface area contributed by atoms with E-state index in [1.807, 2.05) is 30.3 Å². The number of phenols is 1. The molecular weight excluding hydrogens is 634 g/mol. The molecule has 2 heterocycles. The van der Waals surface area contributed by atoms with Crippen molar-refractivity contribution in [2.24, 2.45) is 4.99 Å². The third kappa shape index (κ3) is 4.99. The fourth-order valence-electron chi connectivity index (χ4n) is 4.27. The molecule has 4 aromatic rings. The average molecular weight is 655 g/mol. The normalized spacial score (nSPS) is 15.2. The highest BCUT2D eigenvalue weighted by molar-refractivity contribution is 9.11. The molecule has 0 fully saturated rings. The summed E-state index contributed by atoms with van der Waals surface area (Å²) >= 11 is 7.96. The summed E-state index contributed by atoms with van der Waals surface area (Å²) in [4.78, 5) is 32.6. The highest BCUT2D eigenvalue weighted by atomic mass is 79.9. The molecule has 3 aromatic carbocycles. The number of carbonyl (C=O) groups excluding carboxylic acids is 1. The van der Waals surface area contributed by atoms with Gasteiger partial charge in [0.15, 0.2) is 4.80 Å². The van der Waals surface area contributed by atoms with E-state index in [2.05, 4.69) is 42.2 Å². The fraction of sp³-hybridized carbons (Fsp3) is 0.107. The molecule has 0 unspecified atom stereocenters. The Bertz CT molecular complexity index is 1760. The Balaban J connectivity index is 1.70. The molecule has 1 aliphatic heterocycles. The zero-order chi connectivity index (χ0) is 27.0. The van der Waals surface area contributed by atoms with Gasteiger partial charge in [0, 0.05) is 15.7 Å². The molecule has 0 saturated heterocycles. The molecule has 0 bridgehead atoms. The molecule has 5 rings (SSSR count). The van der Waals surface area contributed by atoms with Gasteiger partial charge < -0.3 is 15.2 Å². The second-order valence-corrected chi connectivity index (χ2v) is 11.3. The van der Waals surface area contributed by atoms with Crippen LogP contribution in [-0.2, 0) is 4.79 Å². The van der Waals surface area contributed by atoms with Crippen LogP contribution in [-0.4, -0.2) is 22.7 Å². The number of thiazole rings is 1. The van der Waals surface area contributed by atoms with Gasteiger partial charge in [-0.2, -0.15) is 0 Å². The summed E-state index contributed by atoms with van der Waals surface area (Å²) in [5.41, 5.74) is 2.41. The number of nitrogens with one attached hydrogen (secondary N) is 1. The summed E-state index contributed by atoms with van der Waals surface area (Å²) in [5, 5.41) is 13.5. The molecule has 1 atom stereocenters. The number of amides is 1. The summed E-state index contributed by atoms with van der Waals surface area (Å²) < 4.78 is 8.47. The minimum absolute atomic E-state index is 0.0184. The lowest BCUT2D eigenvalue weighted by atomic mass is 9.95. The molecule has 0 saturated carbocycles. The van der Waals surface area contributed by atoms with Crippen LogP contribution < -0.4 is 24.9 Å². The van der Waals surface area contributed by atoms with Gasteiger partial charge in [-0.15, -0.1) is 0 Å². The maximum atomic E-state index is 13.8. The number of methoxy groups -OCH3 is 1. The molecule has 1 aromatic heterocycles. The number of benzene rings is 3. The first-order valence-corrected chi connectivity index (χ1v) is 13.9. The zero-order valence-corrected chi connectivity index (χ0v) is 24.2. The van der Waals surface area contributed by atoms with Gasteiger partial charge in [0.05, 0.1) is 33.4 Å². The number of aromatic hydroxyl groups is 1. The van der Waals surface area contributed by atoms with Crippen molar-refractivity contribution in [3.63, 3.8) is 0 Å². The minimum atomic E-state index is -0.717. The second-order valence-electron chi connectivity index (χ2n) is 8.50. The third-order valence-corrected chi connectivity index (χ3v) is 8.12. The molecule has 0 spiro atoms. The Hall–Kier alpha value is -3.47. The van der Waals surface area contributed by atoms with Gasteiger partial charge >= 0.3 is 0 Å². The van der Waals surface area contributed by atoms with E-state index < -0.39 is 6.04 Å². The van der Waals surface area contributed by atoms with Crippen LogP contribution in [0, 0.1) is 0 Å². The van der Waals surface area contributed by atoms with Gasteiger partial charge in [-0.1, -0.05) is 57.6 Å². The van der Waals surface area contributed by atoms with E-state index in [0.29, 0.717) is 42.1 Å². The van der Waals surface area contributed by atoms with Crippen molar-refractivity contribution < 1.29 is 14.6 Å². The monoisotopic (exact) mass is 653 g/mol. The first kappa shape index (κ1) is 26.1. The number of rotatable bonds is 5. The van der Waals surface area contributed by atoms with Crippen molar-refractivity contribution in [1.82, 2.24) is 4.57 Å². The first-order valence-electron chi connectivity index (χ1n) is 11.5. The number of fused-ring (bicyclic) bond motifs is 1. The summed E-state index contributed by atoms with van der Waals surface area (Å²) in [5.74, 6) is 0.332. The molecule has 192 valence electrons. The number of para-hydroxylation sites is 1. The third-order valence-electron chi connectivity index (χ3n) is 6.07. The molecule has 10 heteroatoms. The van der Waals surface area contributed by atoms with Crippen molar-refractivity contribution in [3.8, 4) is 11.5 Å². The second kappa shape index (κ2) is 10.7. The summed E-state index contributed by atoms with van der Waals surface area (Å²) in [6.07, 6.45) is 1.63. The van der Waals surface area contributed by atoms with E-state index in [1.165, 1.54) is 15.9 Å². The number of anilines is 1. The number of carbonyl (C=O) groups is 1. The van der Waals surface area contributed by atoms with E-state index in [0.717, 1.165) is 10.0 Å². The largest absolute Gasteiger partial charge is 0.506 e. The molecule has 0 aliphatic carbocycles. The number of ether oxygens (including phenoxy) is 1. The molecule has 1 amide bonds. The van der Waals surface area contributed by atoms with Crippen LogP contribution in [0.15, 0.2) is 96.7 Å². The van der Waals surface area contributed by atoms with Crippen molar-refractivity contribution in [2.45, 2.75) is 13.0 Å². The highest BCUT2D eigenvalue weighted by Crippen LogP contribution is 2.33. The van der Waals surface area contributed by atoms with Crippen LogP contribution in [0.3, 0.4) is 0 Å². The van der Waals surface area contributed by atoms with Gasteiger partial charge in [-0.05, 0) is 70.9 Å². The lowest BCUT2D eigenvalue weighted by Gasteiger charge is -2.25. The van der Waals surface area contributed by atoms with Crippen LogP contribution in [0.25, 0.3) is 6.08 Å². The first-order chi connectivity index (χ1) is 18.3. The lowest BCUT2D eigenvalue weighted by molar-refractivity contribution is -0.113. The quantitative estimate of drug-likeness (QED) is 0.313. The van der Waals surface area contributed by atoms with Crippen LogP contribution in [0.5, 0.6) is 11.5 Å².